The number of aliphatic carboxylic acids is 2. The van der Waals surface area contributed by atoms with Crippen molar-refractivity contribution in [1.29, 1.82) is 5.41 Å². The molecule has 0 aliphatic heterocycles. The van der Waals surface area contributed by atoms with E-state index in [2.05, 4.69) is 10.6 Å². The summed E-state index contributed by atoms with van der Waals surface area (Å²) in [5, 5.41) is 29.8. The summed E-state index contributed by atoms with van der Waals surface area (Å²) in [7, 11) is 0. The molecule has 146 valence electrons. The van der Waals surface area contributed by atoms with E-state index in [1.54, 1.807) is 24.3 Å². The van der Waals surface area contributed by atoms with E-state index in [4.69, 9.17) is 21.4 Å². The number of nitrogens with one attached hydrogen (secondary N) is 3. The largest absolute Gasteiger partial charge is 0.481 e. The lowest BCUT2D eigenvalue weighted by atomic mass is 10.1. The summed E-state index contributed by atoms with van der Waals surface area (Å²) in [4.78, 5) is 45.1. The number of carbonyl (C=O) groups is 4. The van der Waals surface area contributed by atoms with Gasteiger partial charge in [0.15, 0.2) is 0 Å². The van der Waals surface area contributed by atoms with Crippen LogP contribution in [-0.4, -0.2) is 45.8 Å². The van der Waals surface area contributed by atoms with Crippen molar-refractivity contribution in [1.82, 2.24) is 5.32 Å². The molecule has 1 atom stereocenters. The summed E-state index contributed by atoms with van der Waals surface area (Å²) >= 11 is 0. The van der Waals surface area contributed by atoms with E-state index < -0.39 is 36.2 Å². The van der Waals surface area contributed by atoms with Gasteiger partial charge in [-0.1, -0.05) is 0 Å². The number of hydrogen-bond donors (Lipinski definition) is 6. The number of nitrogen functional groups attached to an aromatic ring is 1. The maximum absolute atomic E-state index is 11.9. The van der Waals surface area contributed by atoms with Gasteiger partial charge in [0, 0.05) is 36.6 Å². The van der Waals surface area contributed by atoms with Crippen molar-refractivity contribution in [2.45, 2.75) is 38.1 Å². The number of amides is 2. The van der Waals surface area contributed by atoms with Crippen molar-refractivity contribution >= 4 is 35.3 Å². The smallest absolute Gasteiger partial charge is 0.305 e. The second-order valence-electron chi connectivity index (χ2n) is 5.83. The number of carboxylic acid groups (broad SMARTS) is 2. The van der Waals surface area contributed by atoms with E-state index in [1.165, 1.54) is 0 Å². The Morgan fingerprint density at radius 1 is 0.963 bits per heavy atom. The number of hydrogen-bond acceptors (Lipinski definition) is 5. The maximum atomic E-state index is 11.9. The number of carboxylic acids is 2. The third-order valence-corrected chi connectivity index (χ3v) is 3.55. The fraction of sp³-hybridized carbons (Fsp3) is 0.353. The monoisotopic (exact) mass is 378 g/mol. The molecule has 0 aliphatic rings. The Bertz CT molecular complexity index is 717. The molecule has 0 spiro atoms. The topological polar surface area (TPSA) is 183 Å². The number of anilines is 1. The number of nitrogens with two attached hydrogens (primary N) is 1. The molecule has 1 rings (SSSR count). The molecule has 27 heavy (non-hydrogen) atoms. The number of rotatable bonds is 11. The van der Waals surface area contributed by atoms with E-state index in [0.717, 1.165) is 0 Å². The zero-order valence-corrected chi connectivity index (χ0v) is 14.5. The Kier molecular flexibility index (Phi) is 8.43. The molecule has 1 aromatic rings. The molecule has 10 nitrogen and oxygen atoms in total. The summed E-state index contributed by atoms with van der Waals surface area (Å²) in [6, 6.07) is 5.48. The van der Waals surface area contributed by atoms with Crippen LogP contribution in [0.1, 0.15) is 37.7 Å². The Morgan fingerprint density at radius 3 is 2.07 bits per heavy atom. The Balaban J connectivity index is 2.46. The minimum Gasteiger partial charge on any atom is -0.481 e. The summed E-state index contributed by atoms with van der Waals surface area (Å²) in [5.41, 5.74) is 6.33. The van der Waals surface area contributed by atoms with Crippen molar-refractivity contribution in [3.05, 3.63) is 29.8 Å². The Labute approximate surface area is 155 Å². The molecule has 0 aromatic heterocycles. The van der Waals surface area contributed by atoms with Gasteiger partial charge >= 0.3 is 11.9 Å². The molecular weight excluding hydrogens is 356 g/mol. The summed E-state index contributed by atoms with van der Waals surface area (Å²) in [5.74, 6) is -3.29. The predicted molar refractivity (Wildman–Crippen MR) is 96.4 cm³/mol. The highest BCUT2D eigenvalue weighted by molar-refractivity contribution is 5.96. The number of amidine groups is 1. The third kappa shape index (κ3) is 9.00. The van der Waals surface area contributed by atoms with Gasteiger partial charge < -0.3 is 26.6 Å². The Hall–Kier alpha value is -3.43. The van der Waals surface area contributed by atoms with Crippen LogP contribution in [0.2, 0.25) is 0 Å². The second kappa shape index (κ2) is 10.5. The molecule has 2 amide bonds. The van der Waals surface area contributed by atoms with E-state index in [9.17, 15) is 19.2 Å². The van der Waals surface area contributed by atoms with Crippen molar-refractivity contribution < 1.29 is 29.4 Å². The van der Waals surface area contributed by atoms with Crippen LogP contribution in [0.25, 0.3) is 0 Å². The first kappa shape index (κ1) is 21.6. The van der Waals surface area contributed by atoms with Gasteiger partial charge in [0.1, 0.15) is 5.84 Å². The first-order valence-electron chi connectivity index (χ1n) is 8.14. The quantitative estimate of drug-likeness (QED) is 0.239. The molecule has 1 unspecified atom stereocenters. The highest BCUT2D eigenvalue weighted by atomic mass is 16.4. The molecule has 7 N–H and O–H groups in total. The van der Waals surface area contributed by atoms with E-state index in [0.29, 0.717) is 11.3 Å². The summed E-state index contributed by atoms with van der Waals surface area (Å²) in [6.45, 7) is 0. The molecule has 0 saturated carbocycles. The molecule has 1 aromatic carbocycles. The van der Waals surface area contributed by atoms with Crippen molar-refractivity contribution in [3.63, 3.8) is 0 Å². The molecule has 0 fully saturated rings. The van der Waals surface area contributed by atoms with Gasteiger partial charge in [0.2, 0.25) is 11.8 Å². The van der Waals surface area contributed by atoms with Crippen LogP contribution in [0.5, 0.6) is 0 Å². The lowest BCUT2D eigenvalue weighted by Gasteiger charge is -2.16. The van der Waals surface area contributed by atoms with Gasteiger partial charge in [-0.25, -0.2) is 0 Å². The number of carbonyl (C=O) groups excluding carboxylic acids is 2. The van der Waals surface area contributed by atoms with Gasteiger partial charge in [0.25, 0.3) is 0 Å². The van der Waals surface area contributed by atoms with Crippen molar-refractivity contribution in [2.75, 3.05) is 5.32 Å². The maximum Gasteiger partial charge on any atom is 0.305 e. The second-order valence-corrected chi connectivity index (χ2v) is 5.83. The molecule has 10 heteroatoms. The minimum absolute atomic E-state index is 0.0118. The average Bonchev–Trinajstić information content (AvgIpc) is 2.58. The van der Waals surface area contributed by atoms with Crippen LogP contribution in [0.4, 0.5) is 5.69 Å². The molecule has 0 heterocycles. The highest BCUT2D eigenvalue weighted by Crippen LogP contribution is 2.10. The van der Waals surface area contributed by atoms with Gasteiger partial charge in [-0.2, -0.15) is 0 Å². The van der Waals surface area contributed by atoms with Crippen LogP contribution in [0.3, 0.4) is 0 Å². The normalized spacial score (nSPS) is 11.3. The lowest BCUT2D eigenvalue weighted by molar-refractivity contribution is -0.140. The van der Waals surface area contributed by atoms with Gasteiger partial charge in [0.05, 0.1) is 6.42 Å². The van der Waals surface area contributed by atoms with Crippen LogP contribution in [0.15, 0.2) is 24.3 Å². The van der Waals surface area contributed by atoms with Crippen LogP contribution in [-0.2, 0) is 19.2 Å². The fourth-order valence-corrected chi connectivity index (χ4v) is 2.22. The van der Waals surface area contributed by atoms with Crippen molar-refractivity contribution in [3.8, 4) is 0 Å². The SMILES string of the molecule is N=C(N)c1ccc(NC(=O)CCC(=O)NC(CCC(=O)O)CC(=O)O)cc1. The molecule has 0 aliphatic carbocycles. The molecule has 0 bridgehead atoms. The third-order valence-electron chi connectivity index (χ3n) is 3.55. The fourth-order valence-electron chi connectivity index (χ4n) is 2.22. The van der Waals surface area contributed by atoms with Crippen LogP contribution < -0.4 is 16.4 Å². The van der Waals surface area contributed by atoms with E-state index >= 15 is 0 Å². The van der Waals surface area contributed by atoms with E-state index in [-0.39, 0.29) is 31.5 Å². The van der Waals surface area contributed by atoms with E-state index in [1.807, 2.05) is 0 Å². The molecular formula is C17H22N4O6. The van der Waals surface area contributed by atoms with Crippen molar-refractivity contribution in [2.24, 2.45) is 5.73 Å². The standard InChI is InChI=1S/C17H22N4O6/c18-17(19)10-1-3-11(4-2-10)20-13(22)6-7-14(23)21-12(9-16(26)27)5-8-15(24)25/h1-4,12H,5-9H2,(H3,18,19)(H,20,22)(H,21,23)(H,24,25)(H,26,27). The zero-order chi connectivity index (χ0) is 20.4. The predicted octanol–water partition coefficient (Wildman–Crippen LogP) is 0.514. The summed E-state index contributed by atoms with van der Waals surface area (Å²) < 4.78 is 0. The minimum atomic E-state index is -1.16. The highest BCUT2D eigenvalue weighted by Gasteiger charge is 2.18. The average molecular weight is 378 g/mol. The lowest BCUT2D eigenvalue weighted by Crippen LogP contribution is -2.37. The van der Waals surface area contributed by atoms with Crippen LogP contribution >= 0.6 is 0 Å². The van der Waals surface area contributed by atoms with Gasteiger partial charge in [-0.15, -0.1) is 0 Å². The molecule has 0 saturated heterocycles. The number of benzene rings is 1. The van der Waals surface area contributed by atoms with Gasteiger partial charge in [-0.3, -0.25) is 24.6 Å². The zero-order valence-electron chi connectivity index (χ0n) is 14.5. The molecule has 0 radical (unpaired) electrons. The van der Waals surface area contributed by atoms with Gasteiger partial charge in [-0.05, 0) is 30.7 Å². The Morgan fingerprint density at radius 2 is 1.56 bits per heavy atom. The first-order valence-corrected chi connectivity index (χ1v) is 8.14. The first-order chi connectivity index (χ1) is 12.7. The summed E-state index contributed by atoms with van der Waals surface area (Å²) in [6.07, 6.45) is -0.968. The van der Waals surface area contributed by atoms with Crippen LogP contribution in [0, 0.1) is 5.41 Å².